The van der Waals surface area contributed by atoms with E-state index < -0.39 is 0 Å². The molecular formula is C22H27FIN5. The molecule has 2 aromatic carbocycles. The molecule has 3 rings (SSSR count). The Bertz CT molecular complexity index is 924. The molecule has 0 saturated carbocycles. The van der Waals surface area contributed by atoms with Crippen molar-refractivity contribution in [1.29, 1.82) is 0 Å². The lowest BCUT2D eigenvalue weighted by Gasteiger charge is -2.12. The summed E-state index contributed by atoms with van der Waals surface area (Å²) in [6, 6.07) is 16.9. The molecule has 0 aliphatic heterocycles. The fourth-order valence-electron chi connectivity index (χ4n) is 2.98. The Hall–Kier alpha value is -2.42. The van der Waals surface area contributed by atoms with Crippen LogP contribution < -0.4 is 10.6 Å². The van der Waals surface area contributed by atoms with E-state index in [9.17, 15) is 4.39 Å². The van der Waals surface area contributed by atoms with E-state index in [-0.39, 0.29) is 29.8 Å². The average molecular weight is 507 g/mol. The van der Waals surface area contributed by atoms with Crippen LogP contribution in [-0.2, 0) is 13.0 Å². The number of para-hydroxylation sites is 1. The van der Waals surface area contributed by atoms with Crippen molar-refractivity contribution in [2.24, 2.45) is 4.99 Å². The second-order valence-corrected chi connectivity index (χ2v) is 6.57. The van der Waals surface area contributed by atoms with Crippen molar-refractivity contribution in [3.05, 3.63) is 83.4 Å². The number of aryl methyl sites for hydroxylation is 2. The van der Waals surface area contributed by atoms with Crippen LogP contribution in [0.15, 0.2) is 65.8 Å². The molecule has 1 heterocycles. The molecule has 0 fully saturated rings. The highest BCUT2D eigenvalue weighted by atomic mass is 127. The van der Waals surface area contributed by atoms with Crippen LogP contribution in [0.5, 0.6) is 0 Å². The van der Waals surface area contributed by atoms with Gasteiger partial charge in [0.15, 0.2) is 5.96 Å². The Morgan fingerprint density at radius 1 is 1.03 bits per heavy atom. The summed E-state index contributed by atoms with van der Waals surface area (Å²) in [6.07, 6.45) is 3.97. The van der Waals surface area contributed by atoms with Gasteiger partial charge in [-0.3, -0.25) is 4.99 Å². The molecule has 5 nitrogen and oxygen atoms in total. The maximum absolute atomic E-state index is 13.7. The van der Waals surface area contributed by atoms with E-state index >= 15 is 0 Å². The minimum Gasteiger partial charge on any atom is -0.356 e. The van der Waals surface area contributed by atoms with Crippen LogP contribution in [0.3, 0.4) is 0 Å². The SMILES string of the molecule is CN=C(NCCCc1cn(-c2ccccc2)nc1C)NCc1ccccc1F.I. The monoisotopic (exact) mass is 507 g/mol. The molecule has 0 radical (unpaired) electrons. The standard InChI is InChI=1S/C22H26FN5.HI/c1-17-19(16-28(27-17)20-11-4-3-5-12-20)10-8-14-25-22(24-2)26-15-18-9-6-7-13-21(18)23;/h3-7,9,11-13,16H,8,10,14-15H2,1-2H3,(H2,24,25,26);1H. The summed E-state index contributed by atoms with van der Waals surface area (Å²) in [5.74, 6) is 0.455. The summed E-state index contributed by atoms with van der Waals surface area (Å²) in [5, 5.41) is 11.0. The molecule has 0 spiro atoms. The Kier molecular flexibility index (Phi) is 9.11. The van der Waals surface area contributed by atoms with Crippen LogP contribution in [0.4, 0.5) is 4.39 Å². The van der Waals surface area contributed by atoms with E-state index in [1.54, 1.807) is 19.2 Å². The lowest BCUT2D eigenvalue weighted by atomic mass is 10.1. The minimum absolute atomic E-state index is 0. The number of aliphatic imine (C=N–C) groups is 1. The number of halogens is 2. The van der Waals surface area contributed by atoms with Gasteiger partial charge in [-0.1, -0.05) is 36.4 Å². The van der Waals surface area contributed by atoms with E-state index in [1.165, 1.54) is 11.6 Å². The third-order valence-corrected chi connectivity index (χ3v) is 4.56. The molecule has 154 valence electrons. The minimum atomic E-state index is -0.212. The number of guanidine groups is 1. The first kappa shape index (κ1) is 22.9. The van der Waals surface area contributed by atoms with Crippen molar-refractivity contribution in [2.45, 2.75) is 26.3 Å². The zero-order valence-corrected chi connectivity index (χ0v) is 19.1. The van der Waals surface area contributed by atoms with Crippen LogP contribution in [0, 0.1) is 12.7 Å². The van der Waals surface area contributed by atoms with E-state index in [0.29, 0.717) is 18.1 Å². The van der Waals surface area contributed by atoms with Gasteiger partial charge in [0.2, 0.25) is 0 Å². The topological polar surface area (TPSA) is 54.2 Å². The Labute approximate surface area is 188 Å². The highest BCUT2D eigenvalue weighted by molar-refractivity contribution is 14.0. The van der Waals surface area contributed by atoms with Gasteiger partial charge in [0.1, 0.15) is 5.82 Å². The van der Waals surface area contributed by atoms with E-state index in [0.717, 1.165) is 30.8 Å². The maximum Gasteiger partial charge on any atom is 0.191 e. The Balaban J connectivity index is 0.00000300. The molecule has 0 amide bonds. The van der Waals surface area contributed by atoms with Crippen molar-refractivity contribution in [3.63, 3.8) is 0 Å². The molecule has 0 bridgehead atoms. The summed E-state index contributed by atoms with van der Waals surface area (Å²) in [5.41, 5.74) is 3.97. The first-order valence-corrected chi connectivity index (χ1v) is 9.46. The molecule has 1 aromatic heterocycles. The second-order valence-electron chi connectivity index (χ2n) is 6.57. The van der Waals surface area contributed by atoms with Gasteiger partial charge >= 0.3 is 0 Å². The summed E-state index contributed by atoms with van der Waals surface area (Å²) in [7, 11) is 1.71. The van der Waals surface area contributed by atoms with Gasteiger partial charge in [-0.2, -0.15) is 5.10 Å². The van der Waals surface area contributed by atoms with Gasteiger partial charge in [0.05, 0.1) is 11.4 Å². The normalized spacial score (nSPS) is 11.1. The fraction of sp³-hybridized carbons (Fsp3) is 0.273. The Morgan fingerprint density at radius 3 is 2.48 bits per heavy atom. The Morgan fingerprint density at radius 2 is 1.76 bits per heavy atom. The predicted molar refractivity (Wildman–Crippen MR) is 127 cm³/mol. The van der Waals surface area contributed by atoms with Gasteiger partial charge in [-0.25, -0.2) is 9.07 Å². The smallest absolute Gasteiger partial charge is 0.191 e. The molecule has 0 aliphatic rings. The van der Waals surface area contributed by atoms with E-state index in [1.807, 2.05) is 48.0 Å². The van der Waals surface area contributed by atoms with Gasteiger partial charge < -0.3 is 10.6 Å². The summed E-state index contributed by atoms with van der Waals surface area (Å²) in [4.78, 5) is 4.19. The van der Waals surface area contributed by atoms with Crippen molar-refractivity contribution in [3.8, 4) is 5.69 Å². The zero-order chi connectivity index (χ0) is 19.8. The molecule has 0 unspecified atom stereocenters. The molecule has 0 atom stereocenters. The van der Waals surface area contributed by atoms with Crippen molar-refractivity contribution >= 4 is 29.9 Å². The highest BCUT2D eigenvalue weighted by Crippen LogP contribution is 2.13. The van der Waals surface area contributed by atoms with Crippen molar-refractivity contribution in [2.75, 3.05) is 13.6 Å². The largest absolute Gasteiger partial charge is 0.356 e. The lowest BCUT2D eigenvalue weighted by molar-refractivity contribution is 0.604. The number of hydrogen-bond donors (Lipinski definition) is 2. The van der Waals surface area contributed by atoms with E-state index in [4.69, 9.17) is 0 Å². The van der Waals surface area contributed by atoms with Crippen molar-refractivity contribution in [1.82, 2.24) is 20.4 Å². The first-order chi connectivity index (χ1) is 13.7. The van der Waals surface area contributed by atoms with Crippen LogP contribution >= 0.6 is 24.0 Å². The first-order valence-electron chi connectivity index (χ1n) is 9.46. The summed E-state index contributed by atoms with van der Waals surface area (Å²) in [6.45, 7) is 3.21. The van der Waals surface area contributed by atoms with Crippen LogP contribution in [0.25, 0.3) is 5.69 Å². The van der Waals surface area contributed by atoms with Gasteiger partial charge in [-0.15, -0.1) is 24.0 Å². The number of benzene rings is 2. The van der Waals surface area contributed by atoms with Crippen molar-refractivity contribution < 1.29 is 4.39 Å². The fourth-order valence-corrected chi connectivity index (χ4v) is 2.98. The average Bonchev–Trinajstić information content (AvgIpc) is 3.10. The number of nitrogens with zero attached hydrogens (tertiary/aromatic N) is 3. The lowest BCUT2D eigenvalue weighted by Crippen LogP contribution is -2.37. The molecule has 3 aromatic rings. The summed E-state index contributed by atoms with van der Waals surface area (Å²) < 4.78 is 15.6. The molecule has 7 heteroatoms. The van der Waals surface area contributed by atoms with Crippen LogP contribution in [0.2, 0.25) is 0 Å². The third kappa shape index (κ3) is 6.56. The van der Waals surface area contributed by atoms with Gasteiger partial charge in [-0.05, 0) is 43.5 Å². The third-order valence-electron chi connectivity index (χ3n) is 4.56. The molecule has 2 N–H and O–H groups in total. The van der Waals surface area contributed by atoms with E-state index in [2.05, 4.69) is 26.9 Å². The maximum atomic E-state index is 13.7. The number of nitrogens with one attached hydrogen (secondary N) is 2. The molecular weight excluding hydrogens is 480 g/mol. The second kappa shape index (κ2) is 11.5. The van der Waals surface area contributed by atoms with Crippen LogP contribution in [0.1, 0.15) is 23.2 Å². The van der Waals surface area contributed by atoms with Gasteiger partial charge in [0, 0.05) is 31.9 Å². The molecule has 29 heavy (non-hydrogen) atoms. The van der Waals surface area contributed by atoms with Gasteiger partial charge in [0.25, 0.3) is 0 Å². The number of aromatic nitrogens is 2. The van der Waals surface area contributed by atoms with Crippen LogP contribution in [-0.4, -0.2) is 29.3 Å². The highest BCUT2D eigenvalue weighted by Gasteiger charge is 2.07. The number of hydrogen-bond acceptors (Lipinski definition) is 2. The molecule has 0 saturated heterocycles. The number of rotatable bonds is 7. The zero-order valence-electron chi connectivity index (χ0n) is 16.7. The summed E-state index contributed by atoms with van der Waals surface area (Å²) >= 11 is 0. The quantitative estimate of drug-likeness (QED) is 0.218. The molecule has 0 aliphatic carbocycles. The predicted octanol–water partition coefficient (Wildman–Crippen LogP) is 4.24.